The van der Waals surface area contributed by atoms with Gasteiger partial charge in [0.25, 0.3) is 5.56 Å². The smallest absolute Gasteiger partial charge is 0.326 e. The topological polar surface area (TPSA) is 113 Å². The van der Waals surface area contributed by atoms with Gasteiger partial charge in [-0.1, -0.05) is 0 Å². The minimum atomic E-state index is -0.628. The Morgan fingerprint density at radius 3 is 2.68 bits per heavy atom. The van der Waals surface area contributed by atoms with Gasteiger partial charge >= 0.3 is 5.69 Å². The van der Waals surface area contributed by atoms with E-state index in [0.717, 1.165) is 0 Å². The number of nitrogens with zero attached hydrogens (tertiary/aromatic N) is 2. The average Bonchev–Trinajstić information content (AvgIpc) is 2.69. The van der Waals surface area contributed by atoms with Gasteiger partial charge in [-0.2, -0.15) is 0 Å². The van der Waals surface area contributed by atoms with Crippen LogP contribution in [0.2, 0.25) is 0 Å². The third-order valence-corrected chi connectivity index (χ3v) is 2.63. The molecule has 0 aliphatic heterocycles. The Morgan fingerprint density at radius 1 is 1.37 bits per heavy atom. The second kappa shape index (κ2) is 4.92. The van der Waals surface area contributed by atoms with Crippen molar-refractivity contribution in [2.45, 2.75) is 20.4 Å². The second-order valence-electron chi connectivity index (χ2n) is 4.06. The number of aromatic nitrogens is 4. The van der Waals surface area contributed by atoms with Gasteiger partial charge in [-0.3, -0.25) is 14.6 Å². The molecule has 0 aliphatic carbocycles. The predicted octanol–water partition coefficient (Wildman–Crippen LogP) is -0.485. The number of rotatable bonds is 3. The van der Waals surface area contributed by atoms with Gasteiger partial charge in [-0.15, -0.1) is 0 Å². The number of imidazole rings is 1. The molecule has 0 radical (unpaired) electrons. The van der Waals surface area contributed by atoms with Gasteiger partial charge in [0, 0.05) is 18.1 Å². The van der Waals surface area contributed by atoms with E-state index in [4.69, 9.17) is 0 Å². The normalized spacial score (nSPS) is 10.4. The van der Waals surface area contributed by atoms with Crippen LogP contribution in [-0.4, -0.2) is 25.4 Å². The molecule has 2 heterocycles. The van der Waals surface area contributed by atoms with Crippen molar-refractivity contribution in [3.8, 4) is 0 Å². The summed E-state index contributed by atoms with van der Waals surface area (Å²) < 4.78 is 1.64. The summed E-state index contributed by atoms with van der Waals surface area (Å²) in [6.45, 7) is 3.35. The van der Waals surface area contributed by atoms with E-state index in [0.29, 0.717) is 11.5 Å². The Bertz CT molecular complexity index is 724. The molecular weight excluding hydrogens is 250 g/mol. The van der Waals surface area contributed by atoms with E-state index in [1.54, 1.807) is 23.9 Å². The molecule has 0 fully saturated rings. The molecule has 0 aliphatic rings. The van der Waals surface area contributed by atoms with Crippen molar-refractivity contribution in [3.63, 3.8) is 0 Å². The van der Waals surface area contributed by atoms with Crippen LogP contribution in [0.3, 0.4) is 0 Å². The van der Waals surface area contributed by atoms with E-state index in [1.807, 2.05) is 0 Å². The van der Waals surface area contributed by atoms with Crippen LogP contribution in [0.5, 0.6) is 0 Å². The number of carbonyl (C=O) groups is 1. The SMILES string of the molecule is Cc1[nH]c(=O)[nH]c(=O)c1NC(=O)Cn1ccnc1C. The highest BCUT2D eigenvalue weighted by Crippen LogP contribution is 2.03. The zero-order valence-corrected chi connectivity index (χ0v) is 10.5. The molecule has 0 spiro atoms. The quantitative estimate of drug-likeness (QED) is 0.693. The summed E-state index contributed by atoms with van der Waals surface area (Å²) in [7, 11) is 0. The molecule has 0 aromatic carbocycles. The molecule has 0 unspecified atom stereocenters. The highest BCUT2D eigenvalue weighted by Gasteiger charge is 2.11. The number of nitrogens with one attached hydrogen (secondary N) is 3. The van der Waals surface area contributed by atoms with Crippen molar-refractivity contribution < 1.29 is 4.79 Å². The summed E-state index contributed by atoms with van der Waals surface area (Å²) in [6, 6.07) is 0. The fourth-order valence-corrected chi connectivity index (χ4v) is 1.65. The molecule has 8 heteroatoms. The van der Waals surface area contributed by atoms with Crippen molar-refractivity contribution >= 4 is 11.6 Å². The minimum Gasteiger partial charge on any atom is -0.326 e. The largest absolute Gasteiger partial charge is 0.326 e. The number of carbonyl (C=O) groups excluding carboxylic acids is 1. The maximum atomic E-state index is 11.8. The number of hydrogen-bond donors (Lipinski definition) is 3. The van der Waals surface area contributed by atoms with Gasteiger partial charge in [0.1, 0.15) is 18.1 Å². The first-order valence-corrected chi connectivity index (χ1v) is 5.58. The van der Waals surface area contributed by atoms with Gasteiger partial charge in [-0.25, -0.2) is 9.78 Å². The predicted molar refractivity (Wildman–Crippen MR) is 68.0 cm³/mol. The van der Waals surface area contributed by atoms with Crippen LogP contribution in [0.4, 0.5) is 5.69 Å². The second-order valence-corrected chi connectivity index (χ2v) is 4.06. The molecule has 19 heavy (non-hydrogen) atoms. The molecular formula is C11H13N5O3. The number of aryl methyl sites for hydroxylation is 2. The van der Waals surface area contributed by atoms with Gasteiger partial charge in [0.2, 0.25) is 5.91 Å². The summed E-state index contributed by atoms with van der Waals surface area (Å²) >= 11 is 0. The summed E-state index contributed by atoms with van der Waals surface area (Å²) in [5.74, 6) is 0.323. The van der Waals surface area contributed by atoms with Gasteiger partial charge in [0.05, 0.1) is 0 Å². The lowest BCUT2D eigenvalue weighted by molar-refractivity contribution is -0.116. The van der Waals surface area contributed by atoms with Crippen molar-refractivity contribution in [3.05, 3.63) is 44.8 Å². The standard InChI is InChI=1S/C11H13N5O3/c1-6-9(10(18)15-11(19)13-6)14-8(17)5-16-4-3-12-7(16)2/h3-4H,5H2,1-2H3,(H,14,17)(H2,13,15,18,19). The first kappa shape index (κ1) is 12.8. The highest BCUT2D eigenvalue weighted by molar-refractivity contribution is 5.90. The van der Waals surface area contributed by atoms with Gasteiger partial charge in [-0.05, 0) is 13.8 Å². The minimum absolute atomic E-state index is 0.0439. The number of hydrogen-bond acceptors (Lipinski definition) is 4. The number of anilines is 1. The lowest BCUT2D eigenvalue weighted by Crippen LogP contribution is -2.30. The van der Waals surface area contributed by atoms with Crippen molar-refractivity contribution in [2.24, 2.45) is 0 Å². The van der Waals surface area contributed by atoms with E-state index in [1.165, 1.54) is 6.92 Å². The van der Waals surface area contributed by atoms with Gasteiger partial charge < -0.3 is 14.9 Å². The van der Waals surface area contributed by atoms with Crippen LogP contribution in [0.25, 0.3) is 0 Å². The highest BCUT2D eigenvalue weighted by atomic mass is 16.2. The fraction of sp³-hybridized carbons (Fsp3) is 0.273. The first-order valence-electron chi connectivity index (χ1n) is 5.58. The van der Waals surface area contributed by atoms with Crippen LogP contribution in [0, 0.1) is 13.8 Å². The molecule has 8 nitrogen and oxygen atoms in total. The lowest BCUT2D eigenvalue weighted by atomic mass is 10.3. The third-order valence-electron chi connectivity index (χ3n) is 2.63. The number of aromatic amines is 2. The maximum absolute atomic E-state index is 11.8. The third kappa shape index (κ3) is 2.79. The zero-order valence-electron chi connectivity index (χ0n) is 10.5. The molecule has 0 atom stereocenters. The van der Waals surface area contributed by atoms with Crippen molar-refractivity contribution in [1.29, 1.82) is 0 Å². The fourth-order valence-electron chi connectivity index (χ4n) is 1.65. The van der Waals surface area contributed by atoms with Crippen LogP contribution < -0.4 is 16.6 Å². The zero-order chi connectivity index (χ0) is 14.0. The molecule has 3 N–H and O–H groups in total. The Morgan fingerprint density at radius 2 is 2.11 bits per heavy atom. The summed E-state index contributed by atoms with van der Waals surface area (Å²) in [5, 5.41) is 2.47. The molecule has 2 aromatic rings. The number of H-pyrrole nitrogens is 2. The van der Waals surface area contributed by atoms with Crippen LogP contribution in [-0.2, 0) is 11.3 Å². The van der Waals surface area contributed by atoms with Crippen molar-refractivity contribution in [2.75, 3.05) is 5.32 Å². The first-order chi connectivity index (χ1) is 8.97. The van der Waals surface area contributed by atoms with E-state index in [9.17, 15) is 14.4 Å². The Kier molecular flexibility index (Phi) is 3.32. The van der Waals surface area contributed by atoms with E-state index < -0.39 is 11.2 Å². The Labute approximate surface area is 107 Å². The monoisotopic (exact) mass is 263 g/mol. The summed E-state index contributed by atoms with van der Waals surface area (Å²) in [5.41, 5.74) is -0.880. The Hall–Kier alpha value is -2.64. The maximum Gasteiger partial charge on any atom is 0.326 e. The molecule has 0 bridgehead atoms. The molecule has 0 saturated heterocycles. The molecule has 2 rings (SSSR count). The van der Waals surface area contributed by atoms with Crippen LogP contribution in [0.15, 0.2) is 22.0 Å². The van der Waals surface area contributed by atoms with Gasteiger partial charge in [0.15, 0.2) is 0 Å². The lowest BCUT2D eigenvalue weighted by Gasteiger charge is -2.08. The summed E-state index contributed by atoms with van der Waals surface area (Å²) in [6.07, 6.45) is 3.25. The van der Waals surface area contributed by atoms with E-state index in [2.05, 4.69) is 20.3 Å². The molecule has 0 saturated carbocycles. The molecule has 100 valence electrons. The summed E-state index contributed by atoms with van der Waals surface area (Å²) in [4.78, 5) is 42.8. The average molecular weight is 263 g/mol. The Balaban J connectivity index is 2.18. The van der Waals surface area contributed by atoms with Crippen LogP contribution >= 0.6 is 0 Å². The molecule has 1 amide bonds. The van der Waals surface area contributed by atoms with Crippen molar-refractivity contribution in [1.82, 2.24) is 19.5 Å². The van der Waals surface area contributed by atoms with E-state index >= 15 is 0 Å². The van der Waals surface area contributed by atoms with Crippen LogP contribution in [0.1, 0.15) is 11.5 Å². The molecule has 2 aromatic heterocycles. The number of amides is 1. The van der Waals surface area contributed by atoms with E-state index in [-0.39, 0.29) is 18.1 Å².